The van der Waals surface area contributed by atoms with Crippen LogP contribution < -0.4 is 9.64 Å². The van der Waals surface area contributed by atoms with Crippen LogP contribution in [-0.2, 0) is 9.59 Å². The molecule has 3 atom stereocenters. The van der Waals surface area contributed by atoms with Crippen LogP contribution in [0.15, 0.2) is 18.5 Å². The molecule has 8 rings (SSSR count). The molecule has 3 saturated heterocycles. The third-order valence-corrected chi connectivity index (χ3v) is 10.5. The van der Waals surface area contributed by atoms with Gasteiger partial charge in [-0.25, -0.2) is 18.4 Å². The van der Waals surface area contributed by atoms with E-state index >= 15 is 4.39 Å². The van der Waals surface area contributed by atoms with E-state index in [1.165, 1.54) is 0 Å². The van der Waals surface area contributed by atoms with E-state index in [1.807, 2.05) is 11.8 Å². The van der Waals surface area contributed by atoms with E-state index in [0.717, 1.165) is 66.2 Å². The van der Waals surface area contributed by atoms with Gasteiger partial charge in [0, 0.05) is 43.2 Å². The molecule has 4 aromatic rings. The molecule has 4 N–H and O–H groups in total. The van der Waals surface area contributed by atoms with Crippen LogP contribution in [0.25, 0.3) is 33.1 Å². The van der Waals surface area contributed by atoms with Crippen molar-refractivity contribution in [2.45, 2.75) is 94.4 Å². The van der Waals surface area contributed by atoms with Crippen LogP contribution in [-0.4, -0.2) is 120 Å². The smallest absolute Gasteiger partial charge is 0.475 e. The van der Waals surface area contributed by atoms with E-state index in [-0.39, 0.29) is 29.4 Å². The van der Waals surface area contributed by atoms with E-state index in [0.29, 0.717) is 49.6 Å². The third-order valence-electron chi connectivity index (χ3n) is 10.5. The number of alkyl halides is 7. The van der Waals surface area contributed by atoms with E-state index < -0.39 is 41.9 Å². The molecule has 3 aromatic heterocycles. The van der Waals surface area contributed by atoms with Gasteiger partial charge in [-0.05, 0) is 82.0 Å². The first kappa shape index (κ1) is 41.7. The first-order valence-electron chi connectivity index (χ1n) is 18.0. The Morgan fingerprint density at radius 1 is 1.00 bits per heavy atom. The fourth-order valence-electron chi connectivity index (χ4n) is 7.95. The molecule has 0 unspecified atom stereocenters. The lowest BCUT2D eigenvalue weighted by molar-refractivity contribution is -0.193. The van der Waals surface area contributed by atoms with Gasteiger partial charge >= 0.3 is 30.3 Å². The summed E-state index contributed by atoms with van der Waals surface area (Å²) in [5.41, 5.74) is 2.87. The molecule has 6 heterocycles. The topological polar surface area (TPSA) is 178 Å². The minimum atomic E-state index is -5.08. The van der Waals surface area contributed by atoms with Crippen LogP contribution in [0.5, 0.6) is 6.01 Å². The summed E-state index contributed by atoms with van der Waals surface area (Å²) >= 11 is 0. The standard InChI is InChI=1S/C32H37F2N7O2.2C2HF3O2/c1-18-11-23-21(14-36-39-23)25(24(18)19-5-6-19)28-26(34)27-22(13-35-28)29(40-9-3-7-31(2,42)16-40)38-30(37-27)43-17-32-8-4-10-41(32)15-20(33)12-32;2*3-2(4,5)1(6)7/h11,13-14,19-20,42H,3-10,12,15-17H2,1-2H3,(H,36,39);2*(H,6,7)/t20-,31-,32+;;/m1../s1. The van der Waals surface area contributed by atoms with Gasteiger partial charge in [-0.3, -0.25) is 15.0 Å². The molecule has 310 valence electrons. The van der Waals surface area contributed by atoms with Gasteiger partial charge in [-0.1, -0.05) is 0 Å². The van der Waals surface area contributed by atoms with Gasteiger partial charge in [-0.15, -0.1) is 0 Å². The number of aromatic nitrogens is 5. The number of H-pyrrole nitrogens is 1. The van der Waals surface area contributed by atoms with Gasteiger partial charge < -0.3 is 25.0 Å². The number of aromatic amines is 1. The van der Waals surface area contributed by atoms with Crippen molar-refractivity contribution in [1.29, 1.82) is 0 Å². The van der Waals surface area contributed by atoms with Gasteiger partial charge in [0.1, 0.15) is 29.8 Å². The highest BCUT2D eigenvalue weighted by molar-refractivity contribution is 6.00. The number of hydrogen-bond donors (Lipinski definition) is 4. The summed E-state index contributed by atoms with van der Waals surface area (Å²) in [6, 6.07) is 2.14. The number of hydrogen-bond acceptors (Lipinski definition) is 10. The van der Waals surface area contributed by atoms with Crippen molar-refractivity contribution >= 4 is 39.6 Å². The number of ether oxygens (including phenoxy) is 1. The number of aryl methyl sites for hydroxylation is 1. The minimum absolute atomic E-state index is 0.0624. The zero-order valence-corrected chi connectivity index (χ0v) is 30.6. The van der Waals surface area contributed by atoms with Gasteiger partial charge in [0.15, 0.2) is 5.82 Å². The van der Waals surface area contributed by atoms with Gasteiger partial charge in [0.2, 0.25) is 0 Å². The number of carboxylic acids is 2. The molecule has 0 amide bonds. The number of fused-ring (bicyclic) bond motifs is 3. The van der Waals surface area contributed by atoms with Crippen LogP contribution in [0.2, 0.25) is 0 Å². The maximum absolute atomic E-state index is 16.9. The number of carbonyl (C=O) groups is 2. The summed E-state index contributed by atoms with van der Waals surface area (Å²) in [6.45, 7) is 6.39. The number of nitrogens with zero attached hydrogens (tertiary/aromatic N) is 6. The first-order chi connectivity index (χ1) is 26.6. The summed E-state index contributed by atoms with van der Waals surface area (Å²) in [7, 11) is 0. The van der Waals surface area contributed by atoms with E-state index in [4.69, 9.17) is 34.5 Å². The number of aliphatic carboxylic acids is 2. The molecule has 1 aromatic carbocycles. The largest absolute Gasteiger partial charge is 0.490 e. The van der Waals surface area contributed by atoms with Crippen LogP contribution in [0.1, 0.15) is 68.9 Å². The number of aliphatic hydroxyl groups is 1. The summed E-state index contributed by atoms with van der Waals surface area (Å²) in [5.74, 6) is -5.19. The van der Waals surface area contributed by atoms with Gasteiger partial charge in [0.05, 0.1) is 28.2 Å². The number of nitrogens with one attached hydrogen (secondary N) is 1. The maximum atomic E-state index is 16.9. The number of rotatable bonds is 6. The quantitative estimate of drug-likeness (QED) is 0.156. The highest BCUT2D eigenvalue weighted by Gasteiger charge is 2.49. The molecule has 57 heavy (non-hydrogen) atoms. The Hall–Kier alpha value is -4.92. The van der Waals surface area contributed by atoms with Crippen LogP contribution in [0.3, 0.4) is 0 Å². The fraction of sp³-hybridized carbons (Fsp3) is 0.556. The highest BCUT2D eigenvalue weighted by atomic mass is 19.4. The molecule has 0 radical (unpaired) electrons. The van der Waals surface area contributed by atoms with E-state index in [9.17, 15) is 35.8 Å². The fourth-order valence-corrected chi connectivity index (χ4v) is 7.95. The average molecular weight is 818 g/mol. The number of β-amino-alcohol motifs (C(OH)–C–C–N with tert-alkyl or cyclic N) is 1. The Kier molecular flexibility index (Phi) is 11.3. The first-order valence-corrected chi connectivity index (χ1v) is 18.0. The van der Waals surface area contributed by atoms with Crippen molar-refractivity contribution < 1.29 is 64.8 Å². The van der Waals surface area contributed by atoms with Gasteiger partial charge in [-0.2, -0.15) is 41.4 Å². The molecular weight excluding hydrogens is 778 g/mol. The second kappa shape index (κ2) is 15.4. The summed E-state index contributed by atoms with van der Waals surface area (Å²) in [4.78, 5) is 36.1. The number of anilines is 1. The van der Waals surface area contributed by atoms with E-state index in [2.05, 4.69) is 33.1 Å². The molecule has 1 aliphatic carbocycles. The second-order valence-corrected chi connectivity index (χ2v) is 15.1. The Bertz CT molecular complexity index is 2140. The lowest BCUT2D eigenvalue weighted by atomic mass is 9.92. The number of piperidine rings is 1. The zero-order chi connectivity index (χ0) is 41.7. The summed E-state index contributed by atoms with van der Waals surface area (Å²) in [6.07, 6.45) is -1.83. The summed E-state index contributed by atoms with van der Waals surface area (Å²) in [5, 5.41) is 33.8. The van der Waals surface area contributed by atoms with E-state index in [1.54, 1.807) is 12.4 Å². The average Bonchev–Trinajstić information content (AvgIpc) is 3.58. The van der Waals surface area contributed by atoms with Gasteiger partial charge in [0.25, 0.3) is 0 Å². The predicted octanol–water partition coefficient (Wildman–Crippen LogP) is 6.47. The van der Waals surface area contributed by atoms with Crippen LogP contribution in [0, 0.1) is 12.7 Å². The second-order valence-electron chi connectivity index (χ2n) is 15.1. The van der Waals surface area contributed by atoms with Crippen LogP contribution in [0.4, 0.5) is 40.9 Å². The summed E-state index contributed by atoms with van der Waals surface area (Å²) < 4.78 is 101. The Balaban J connectivity index is 0.000000338. The number of pyridine rings is 1. The molecule has 3 aliphatic heterocycles. The number of benzene rings is 1. The zero-order valence-electron chi connectivity index (χ0n) is 30.6. The molecule has 1 saturated carbocycles. The molecule has 0 bridgehead atoms. The van der Waals surface area contributed by atoms with Crippen molar-refractivity contribution in [1.82, 2.24) is 30.0 Å². The van der Waals surface area contributed by atoms with Crippen molar-refractivity contribution in [3.63, 3.8) is 0 Å². The van der Waals surface area contributed by atoms with Crippen LogP contribution >= 0.6 is 0 Å². The molecule has 13 nitrogen and oxygen atoms in total. The molecule has 0 spiro atoms. The lowest BCUT2D eigenvalue weighted by Crippen LogP contribution is -2.46. The van der Waals surface area contributed by atoms with Crippen molar-refractivity contribution in [2.24, 2.45) is 0 Å². The number of halogens is 8. The Labute approximate surface area is 319 Å². The highest BCUT2D eigenvalue weighted by Crippen LogP contribution is 2.49. The maximum Gasteiger partial charge on any atom is 0.490 e. The molecular formula is C36H39F8N7O6. The predicted molar refractivity (Wildman–Crippen MR) is 187 cm³/mol. The minimum Gasteiger partial charge on any atom is -0.475 e. The molecule has 4 fully saturated rings. The monoisotopic (exact) mass is 817 g/mol. The molecule has 21 heteroatoms. The molecule has 4 aliphatic rings. The third kappa shape index (κ3) is 8.98. The number of carboxylic acid groups (broad SMARTS) is 2. The van der Waals surface area contributed by atoms with Crippen molar-refractivity contribution in [3.05, 3.63) is 35.4 Å². The Morgan fingerprint density at radius 2 is 1.65 bits per heavy atom. The SMILES string of the molecule is Cc1cc2[nH]ncc2c(-c2ncc3c(N4CCC[C@@](C)(O)C4)nc(OC[C@@]45CCCN4C[C@H](F)C5)nc3c2F)c1C1CC1.O=C(O)C(F)(F)F.O=C(O)C(F)(F)F. The van der Waals surface area contributed by atoms with Crippen molar-refractivity contribution in [2.75, 3.05) is 37.7 Å². The normalized spacial score (nSPS) is 23.8. The van der Waals surface area contributed by atoms with Crippen molar-refractivity contribution in [3.8, 4) is 17.3 Å². The Morgan fingerprint density at radius 3 is 2.26 bits per heavy atom. The lowest BCUT2D eigenvalue weighted by Gasteiger charge is -2.38.